The van der Waals surface area contributed by atoms with Crippen molar-refractivity contribution in [1.29, 1.82) is 0 Å². The normalized spacial score (nSPS) is 28.8. The fourth-order valence-electron chi connectivity index (χ4n) is 5.46. The van der Waals surface area contributed by atoms with Gasteiger partial charge in [-0.05, 0) is 26.7 Å². The molecule has 3 N–H and O–H groups in total. The summed E-state index contributed by atoms with van der Waals surface area (Å²) in [6, 6.07) is -0.958. The van der Waals surface area contributed by atoms with Crippen LogP contribution in [0.25, 0.3) is 0 Å². The monoisotopic (exact) mass is 612 g/mol. The lowest BCUT2D eigenvalue weighted by Crippen LogP contribution is -2.59. The van der Waals surface area contributed by atoms with Gasteiger partial charge in [-0.3, -0.25) is 29.4 Å². The highest BCUT2D eigenvalue weighted by atomic mass is 16.7. The maximum atomic E-state index is 13.2. The van der Waals surface area contributed by atoms with Crippen molar-refractivity contribution in [1.82, 2.24) is 20.4 Å². The van der Waals surface area contributed by atoms with Gasteiger partial charge in [0.05, 0.1) is 18.9 Å². The number of ether oxygens (including phenoxy) is 4. The second kappa shape index (κ2) is 14.0. The summed E-state index contributed by atoms with van der Waals surface area (Å²) in [5, 5.41) is 15.1. The van der Waals surface area contributed by atoms with Crippen molar-refractivity contribution in [3.63, 3.8) is 0 Å². The number of imide groups is 1. The molecular weight excluding hydrogens is 568 g/mol. The number of aliphatic hydroxyl groups is 1. The summed E-state index contributed by atoms with van der Waals surface area (Å²) in [5.74, 6) is -4.10. The van der Waals surface area contributed by atoms with E-state index in [2.05, 4.69) is 10.6 Å². The second-order valence-corrected chi connectivity index (χ2v) is 11.6. The minimum absolute atomic E-state index is 0.0787. The van der Waals surface area contributed by atoms with Crippen LogP contribution in [0.15, 0.2) is 0 Å². The molecule has 0 spiro atoms. The topological polar surface area (TPSA) is 193 Å². The van der Waals surface area contributed by atoms with Crippen LogP contribution in [0.3, 0.4) is 0 Å². The predicted molar refractivity (Wildman–Crippen MR) is 148 cm³/mol. The first-order chi connectivity index (χ1) is 20.2. The van der Waals surface area contributed by atoms with E-state index in [1.165, 1.54) is 37.9 Å². The van der Waals surface area contributed by atoms with Crippen LogP contribution in [-0.4, -0.2) is 114 Å². The Balaban J connectivity index is 1.55. The fraction of sp³-hybridized carbons (Fsp3) is 0.786. The standard InChI is InChI=1S/C28H44N4O11/c1-16(18-15-28(39,40-6)30-26(38)41-18)24-27(3,43-24)19(14-20(33)29-4)42-25(37)17(2)31(5)21(34)10-8-7-9-13-32-22(35)11-12-23(32)36/h16-19,24,39H,7-15H2,1-6H3,(H,29,33)(H,30,38)/t16?,17-,18?,19?,24?,27?,28?/m0/s1. The molecule has 15 heteroatoms. The number of unbranched alkanes of at least 4 members (excludes halogenated alkanes) is 2. The van der Waals surface area contributed by atoms with E-state index in [1.807, 2.05) is 0 Å². The van der Waals surface area contributed by atoms with E-state index >= 15 is 0 Å². The van der Waals surface area contributed by atoms with Gasteiger partial charge >= 0.3 is 12.1 Å². The van der Waals surface area contributed by atoms with Crippen molar-refractivity contribution < 1.29 is 52.8 Å². The molecule has 0 aromatic rings. The van der Waals surface area contributed by atoms with E-state index in [4.69, 9.17) is 18.9 Å². The van der Waals surface area contributed by atoms with Crippen LogP contribution in [0.2, 0.25) is 0 Å². The van der Waals surface area contributed by atoms with Gasteiger partial charge in [0, 0.05) is 52.9 Å². The molecule has 0 bridgehead atoms. The number of carbonyl (C=O) groups is 6. The molecule has 3 saturated heterocycles. The first-order valence-corrected chi connectivity index (χ1v) is 14.6. The summed E-state index contributed by atoms with van der Waals surface area (Å²) in [6.07, 6.45) is -1.14. The molecule has 3 rings (SSSR count). The van der Waals surface area contributed by atoms with Crippen molar-refractivity contribution in [2.75, 3.05) is 27.7 Å². The van der Waals surface area contributed by atoms with Crippen molar-refractivity contribution in [2.45, 2.75) is 108 Å². The Bertz CT molecular complexity index is 1090. The van der Waals surface area contributed by atoms with Crippen LogP contribution in [0, 0.1) is 5.92 Å². The number of methoxy groups -OCH3 is 1. The van der Waals surface area contributed by atoms with Gasteiger partial charge in [-0.1, -0.05) is 13.3 Å². The molecular formula is C28H44N4O11. The van der Waals surface area contributed by atoms with Crippen molar-refractivity contribution in [2.24, 2.45) is 5.92 Å². The van der Waals surface area contributed by atoms with Gasteiger partial charge in [0.2, 0.25) is 23.6 Å². The number of nitrogens with zero attached hydrogens (tertiary/aromatic N) is 2. The Labute approximate surface area is 250 Å². The van der Waals surface area contributed by atoms with Gasteiger partial charge < -0.3 is 34.3 Å². The molecule has 0 aromatic heterocycles. The number of hydrogen-bond acceptors (Lipinski definition) is 11. The Morgan fingerprint density at radius 3 is 2.42 bits per heavy atom. The molecule has 3 aliphatic rings. The van der Waals surface area contributed by atoms with Gasteiger partial charge in [0.1, 0.15) is 23.9 Å². The van der Waals surface area contributed by atoms with Gasteiger partial charge in [-0.2, -0.15) is 0 Å². The van der Waals surface area contributed by atoms with E-state index in [1.54, 1.807) is 13.8 Å². The maximum Gasteiger partial charge on any atom is 0.411 e. The third kappa shape index (κ3) is 8.21. The van der Waals surface area contributed by atoms with Crippen molar-refractivity contribution in [3.05, 3.63) is 0 Å². The van der Waals surface area contributed by atoms with Crippen molar-refractivity contribution in [3.8, 4) is 0 Å². The first-order valence-electron chi connectivity index (χ1n) is 14.6. The molecule has 15 nitrogen and oxygen atoms in total. The number of likely N-dealkylation sites (tertiary alicyclic amines) is 1. The molecule has 3 fully saturated rings. The summed E-state index contributed by atoms with van der Waals surface area (Å²) in [6.45, 7) is 5.30. The molecule has 0 aromatic carbocycles. The van der Waals surface area contributed by atoms with Gasteiger partial charge in [0.25, 0.3) is 5.91 Å². The highest BCUT2D eigenvalue weighted by Gasteiger charge is 2.64. The zero-order chi connectivity index (χ0) is 32.1. The molecule has 3 heterocycles. The predicted octanol–water partition coefficient (Wildman–Crippen LogP) is 0.175. The third-order valence-corrected chi connectivity index (χ3v) is 8.61. The number of epoxide rings is 1. The Morgan fingerprint density at radius 2 is 1.81 bits per heavy atom. The Kier molecular flexibility index (Phi) is 11.1. The highest BCUT2D eigenvalue weighted by Crippen LogP contribution is 2.48. The van der Waals surface area contributed by atoms with Gasteiger partial charge in [-0.25, -0.2) is 9.59 Å². The lowest BCUT2D eigenvalue weighted by molar-refractivity contribution is -0.237. The molecule has 0 saturated carbocycles. The highest BCUT2D eigenvalue weighted by molar-refractivity contribution is 6.01. The van der Waals surface area contributed by atoms with Crippen LogP contribution in [-0.2, 0) is 42.9 Å². The summed E-state index contributed by atoms with van der Waals surface area (Å²) >= 11 is 0. The Hall–Kier alpha value is -3.30. The lowest BCUT2D eigenvalue weighted by atomic mass is 9.86. The number of cyclic esters (lactones) is 1. The number of alkyl carbamates (subject to hydrolysis) is 1. The quantitative estimate of drug-likeness (QED) is 0.0751. The van der Waals surface area contributed by atoms with Crippen LogP contribution in [0.4, 0.5) is 4.79 Å². The number of rotatable bonds is 15. The number of carbonyl (C=O) groups excluding carboxylic acids is 6. The summed E-state index contributed by atoms with van der Waals surface area (Å²) in [4.78, 5) is 76.3. The van der Waals surface area contributed by atoms with Gasteiger partial charge in [-0.15, -0.1) is 0 Å². The molecule has 0 aliphatic carbocycles. The average Bonchev–Trinajstić information content (AvgIpc) is 3.57. The van der Waals surface area contributed by atoms with E-state index < -0.39 is 59.8 Å². The minimum atomic E-state index is -1.91. The van der Waals surface area contributed by atoms with Crippen LogP contribution in [0.5, 0.6) is 0 Å². The van der Waals surface area contributed by atoms with E-state index in [0.717, 1.165) is 0 Å². The molecule has 7 atom stereocenters. The number of amides is 5. The summed E-state index contributed by atoms with van der Waals surface area (Å²) in [7, 11) is 4.19. The van der Waals surface area contributed by atoms with E-state index in [9.17, 15) is 33.9 Å². The average molecular weight is 613 g/mol. The van der Waals surface area contributed by atoms with Crippen LogP contribution in [0.1, 0.15) is 72.1 Å². The van der Waals surface area contributed by atoms with E-state index in [0.29, 0.717) is 25.8 Å². The minimum Gasteiger partial charge on any atom is -0.457 e. The van der Waals surface area contributed by atoms with E-state index in [-0.39, 0.29) is 49.8 Å². The third-order valence-electron chi connectivity index (χ3n) is 8.61. The first kappa shape index (κ1) is 34.2. The number of hydrogen-bond donors (Lipinski definition) is 3. The van der Waals surface area contributed by atoms with Gasteiger partial charge in [0.15, 0.2) is 0 Å². The van der Waals surface area contributed by atoms with Crippen molar-refractivity contribution >= 4 is 35.7 Å². The Morgan fingerprint density at radius 1 is 1.16 bits per heavy atom. The SMILES string of the molecule is CNC(=O)CC(OC(=O)[C@H](C)N(C)C(=O)CCCCCN1C(=O)CCC1=O)C1(C)OC1C(C)C1CC(O)(OC)NC(=O)O1. The molecule has 5 amide bonds. The molecule has 242 valence electrons. The smallest absolute Gasteiger partial charge is 0.411 e. The summed E-state index contributed by atoms with van der Waals surface area (Å²) < 4.78 is 22.1. The molecule has 43 heavy (non-hydrogen) atoms. The zero-order valence-electron chi connectivity index (χ0n) is 25.7. The summed E-state index contributed by atoms with van der Waals surface area (Å²) in [5.41, 5.74) is -1.11. The second-order valence-electron chi connectivity index (χ2n) is 11.6. The number of nitrogens with one attached hydrogen (secondary N) is 2. The maximum absolute atomic E-state index is 13.2. The number of esters is 1. The molecule has 6 unspecified atom stereocenters. The molecule has 3 aliphatic heterocycles. The molecule has 0 radical (unpaired) electrons. The number of likely N-dealkylation sites (N-methyl/N-ethyl adjacent to an activating group) is 1. The zero-order valence-corrected chi connectivity index (χ0v) is 25.7. The van der Waals surface area contributed by atoms with Crippen LogP contribution < -0.4 is 10.6 Å². The lowest BCUT2D eigenvalue weighted by Gasteiger charge is -2.37. The fourth-order valence-corrected chi connectivity index (χ4v) is 5.46. The van der Waals surface area contributed by atoms with Crippen LogP contribution >= 0.6 is 0 Å². The largest absolute Gasteiger partial charge is 0.457 e.